The van der Waals surface area contributed by atoms with Crippen LogP contribution in [0.1, 0.15) is 127 Å². The third-order valence-electron chi connectivity index (χ3n) is 10.3. The van der Waals surface area contributed by atoms with Gasteiger partial charge in [-0.1, -0.05) is 97.0 Å². The van der Waals surface area contributed by atoms with E-state index in [1.165, 1.54) is 63.9 Å². The molecule has 0 unspecified atom stereocenters. The van der Waals surface area contributed by atoms with E-state index in [2.05, 4.69) is 12.2 Å². The summed E-state index contributed by atoms with van der Waals surface area (Å²) < 4.78 is 0. The van der Waals surface area contributed by atoms with Gasteiger partial charge in [0.05, 0.1) is 17.4 Å². The van der Waals surface area contributed by atoms with E-state index < -0.39 is 81.8 Å². The first-order valence-electron chi connectivity index (χ1n) is 17.2. The highest BCUT2D eigenvalue weighted by molar-refractivity contribution is 6.23. The molecular weight excluding hydrogens is 604 g/mol. The number of hydrogen-bond donors (Lipinski definition) is 7. The molecule has 258 valence electrons. The lowest BCUT2D eigenvalue weighted by Crippen LogP contribution is -2.63. The normalized spacial score (nSPS) is 25.4. The van der Waals surface area contributed by atoms with Gasteiger partial charge in [0.2, 0.25) is 11.7 Å². The predicted molar refractivity (Wildman–Crippen MR) is 176 cm³/mol. The lowest BCUT2D eigenvalue weighted by molar-refractivity contribution is -0.160. The number of benzene rings is 1. The Hall–Kier alpha value is -3.70. The van der Waals surface area contributed by atoms with Crippen molar-refractivity contribution in [2.24, 2.45) is 17.6 Å². The van der Waals surface area contributed by atoms with Crippen molar-refractivity contribution < 1.29 is 44.7 Å². The number of carbonyl (C=O) groups is 4. The Kier molecular flexibility index (Phi) is 11.9. The minimum absolute atomic E-state index is 0.0173. The second-order valence-corrected chi connectivity index (χ2v) is 13.5. The third-order valence-corrected chi connectivity index (χ3v) is 10.3. The smallest absolute Gasteiger partial charge is 0.255 e. The van der Waals surface area contributed by atoms with E-state index in [1.807, 2.05) is 0 Å². The lowest BCUT2D eigenvalue weighted by atomic mass is 9.55. The summed E-state index contributed by atoms with van der Waals surface area (Å²) in [6, 6.07) is 3.05. The van der Waals surface area contributed by atoms with E-state index in [9.17, 15) is 44.7 Å². The van der Waals surface area contributed by atoms with Gasteiger partial charge in [0.25, 0.3) is 5.91 Å². The van der Waals surface area contributed by atoms with Crippen molar-refractivity contribution in [3.05, 3.63) is 40.2 Å². The monoisotopic (exact) mass is 654 g/mol. The van der Waals surface area contributed by atoms with Gasteiger partial charge in [0.15, 0.2) is 11.4 Å². The number of unbranched alkanes of at least 4 members (excludes halogenated alkanes) is 12. The van der Waals surface area contributed by atoms with Crippen LogP contribution in [0.25, 0.3) is 5.76 Å². The summed E-state index contributed by atoms with van der Waals surface area (Å²) in [6.45, 7) is 3.88. The van der Waals surface area contributed by atoms with Gasteiger partial charge < -0.3 is 36.6 Å². The fourth-order valence-electron chi connectivity index (χ4n) is 7.61. The zero-order chi connectivity index (χ0) is 34.5. The standard InChI is InChI=1S/C36H50N2O9/c1-3-4-5-6-7-8-9-10-11-12-13-14-15-16-25(40)38-23-18-17-21-20(2)26-29(32(43)27(21)31(23)42)34(45)36(47)22(30(26)41)19-24(39)28(33(36)44)35(37)46/h17-18,20,22,26,30,41-44,47H,3-16,19H2,1-2H3,(H2,37,46)(H,38,40)/t20-,22-,26-,30+,36-/m1/s1. The summed E-state index contributed by atoms with van der Waals surface area (Å²) in [5, 5.41) is 58.8. The number of aliphatic hydroxyl groups excluding tert-OH is 3. The molecule has 5 atom stereocenters. The second-order valence-electron chi connectivity index (χ2n) is 13.5. The number of carbonyl (C=O) groups excluding carboxylic acids is 4. The van der Waals surface area contributed by atoms with Crippen LogP contribution in [0, 0.1) is 11.8 Å². The lowest BCUT2D eigenvalue weighted by Gasteiger charge is -2.50. The molecule has 2 amide bonds. The zero-order valence-corrected chi connectivity index (χ0v) is 27.5. The molecule has 0 aliphatic heterocycles. The van der Waals surface area contributed by atoms with Gasteiger partial charge >= 0.3 is 0 Å². The molecule has 0 aromatic heterocycles. The first kappa shape index (κ1) is 36.1. The molecular formula is C36H50N2O9. The number of amides is 2. The molecule has 0 radical (unpaired) electrons. The topological polar surface area (TPSA) is 207 Å². The molecule has 11 heteroatoms. The molecule has 4 rings (SSSR count). The molecule has 1 aromatic rings. The van der Waals surface area contributed by atoms with E-state index in [4.69, 9.17) is 5.73 Å². The number of nitrogens with two attached hydrogens (primary N) is 1. The molecule has 3 aliphatic carbocycles. The van der Waals surface area contributed by atoms with E-state index >= 15 is 0 Å². The van der Waals surface area contributed by atoms with Gasteiger partial charge in [0, 0.05) is 30.3 Å². The molecule has 0 bridgehead atoms. The van der Waals surface area contributed by atoms with Crippen molar-refractivity contribution in [1.82, 2.24) is 0 Å². The Bertz CT molecular complexity index is 1450. The highest BCUT2D eigenvalue weighted by Crippen LogP contribution is 2.56. The van der Waals surface area contributed by atoms with Crippen LogP contribution >= 0.6 is 0 Å². The largest absolute Gasteiger partial charge is 0.508 e. The number of rotatable bonds is 16. The molecule has 1 aromatic carbocycles. The number of aromatic hydroxyl groups is 1. The van der Waals surface area contributed by atoms with Crippen molar-refractivity contribution in [2.75, 3.05) is 5.32 Å². The Morgan fingerprint density at radius 1 is 0.915 bits per heavy atom. The van der Waals surface area contributed by atoms with Crippen LogP contribution in [0.4, 0.5) is 5.69 Å². The fourth-order valence-corrected chi connectivity index (χ4v) is 7.61. The number of Topliss-reactive ketones (excluding diaryl/α,β-unsaturated/α-hetero) is 2. The molecule has 0 heterocycles. The predicted octanol–water partition coefficient (Wildman–Crippen LogP) is 5.38. The number of anilines is 1. The number of nitrogens with one attached hydrogen (secondary N) is 1. The van der Waals surface area contributed by atoms with Crippen molar-refractivity contribution in [3.8, 4) is 5.75 Å². The Labute approximate surface area is 275 Å². The molecule has 3 aliphatic rings. The highest BCUT2D eigenvalue weighted by atomic mass is 16.4. The fraction of sp³-hybridized carbons (Fsp3) is 0.611. The summed E-state index contributed by atoms with van der Waals surface area (Å²) >= 11 is 0. The Morgan fingerprint density at radius 2 is 1.47 bits per heavy atom. The number of phenolic OH excluding ortho intramolecular Hbond substituents is 1. The van der Waals surface area contributed by atoms with Gasteiger partial charge in [-0.2, -0.15) is 0 Å². The number of hydrogen-bond acceptors (Lipinski definition) is 9. The van der Waals surface area contributed by atoms with E-state index in [1.54, 1.807) is 13.0 Å². The maximum absolute atomic E-state index is 13.8. The minimum atomic E-state index is -2.90. The molecule has 0 saturated heterocycles. The van der Waals surface area contributed by atoms with Gasteiger partial charge in [-0.15, -0.1) is 0 Å². The van der Waals surface area contributed by atoms with Crippen LogP contribution < -0.4 is 11.1 Å². The van der Waals surface area contributed by atoms with E-state index in [-0.39, 0.29) is 23.6 Å². The molecule has 1 fully saturated rings. The van der Waals surface area contributed by atoms with E-state index in [0.29, 0.717) is 12.0 Å². The summed E-state index contributed by atoms with van der Waals surface area (Å²) in [5.41, 5.74) is 1.15. The maximum atomic E-state index is 13.8. The van der Waals surface area contributed by atoms with Gasteiger partial charge in [-0.05, 0) is 24.0 Å². The first-order chi connectivity index (χ1) is 22.4. The summed E-state index contributed by atoms with van der Waals surface area (Å²) in [4.78, 5) is 51.0. The number of aliphatic hydroxyl groups is 4. The number of primary amides is 1. The van der Waals surface area contributed by atoms with Crippen molar-refractivity contribution in [3.63, 3.8) is 0 Å². The molecule has 47 heavy (non-hydrogen) atoms. The van der Waals surface area contributed by atoms with Crippen molar-refractivity contribution in [2.45, 2.75) is 128 Å². The average molecular weight is 655 g/mol. The Balaban J connectivity index is 1.40. The average Bonchev–Trinajstić information content (AvgIpc) is 3.02. The minimum Gasteiger partial charge on any atom is -0.508 e. The van der Waals surface area contributed by atoms with Crippen LogP contribution in [0.3, 0.4) is 0 Å². The zero-order valence-electron chi connectivity index (χ0n) is 27.5. The van der Waals surface area contributed by atoms with Crippen molar-refractivity contribution >= 4 is 34.8 Å². The Morgan fingerprint density at radius 3 is 2.02 bits per heavy atom. The summed E-state index contributed by atoms with van der Waals surface area (Å²) in [5.74, 6) is -9.62. The molecule has 0 spiro atoms. The van der Waals surface area contributed by atoms with Crippen LogP contribution in [-0.2, 0) is 19.2 Å². The van der Waals surface area contributed by atoms with Crippen LogP contribution in [0.2, 0.25) is 0 Å². The molecule has 1 saturated carbocycles. The maximum Gasteiger partial charge on any atom is 0.255 e. The SMILES string of the molecule is CCCCCCCCCCCCCCCC(=O)Nc1ccc2c(c1O)C(O)=C1C(=O)[C@]3(O)C(O)=C(C(N)=O)C(=O)C[C@@H]3[C@H](O)[C@@H]1[C@@H]2C. The molecule has 8 N–H and O–H groups in total. The van der Waals surface area contributed by atoms with Crippen LogP contribution in [0.5, 0.6) is 5.75 Å². The highest BCUT2D eigenvalue weighted by Gasteiger charge is 2.64. The molecule has 11 nitrogen and oxygen atoms in total. The first-order valence-corrected chi connectivity index (χ1v) is 17.2. The quantitative estimate of drug-likeness (QED) is 0.0693. The third kappa shape index (κ3) is 7.11. The van der Waals surface area contributed by atoms with Gasteiger partial charge in [0.1, 0.15) is 22.8 Å². The van der Waals surface area contributed by atoms with E-state index in [0.717, 1.165) is 19.3 Å². The summed E-state index contributed by atoms with van der Waals surface area (Å²) in [7, 11) is 0. The van der Waals surface area contributed by atoms with Gasteiger partial charge in [-0.3, -0.25) is 19.2 Å². The number of fused-ring (bicyclic) bond motifs is 3. The van der Waals surface area contributed by atoms with Gasteiger partial charge in [-0.25, -0.2) is 0 Å². The van der Waals surface area contributed by atoms with Crippen molar-refractivity contribution in [1.29, 1.82) is 0 Å². The second kappa shape index (κ2) is 15.5. The summed E-state index contributed by atoms with van der Waals surface area (Å²) in [6.07, 6.45) is 13.4. The van der Waals surface area contributed by atoms with Crippen LogP contribution in [-0.4, -0.2) is 60.6 Å². The van der Waals surface area contributed by atoms with Crippen LogP contribution in [0.15, 0.2) is 29.0 Å². The number of phenols is 1. The number of ketones is 2.